The third-order valence-electron chi connectivity index (χ3n) is 12.8. The number of nitrogens with two attached hydrogens (primary N) is 2. The number of fused-ring (bicyclic) bond motifs is 2. The van der Waals surface area contributed by atoms with E-state index in [-0.39, 0.29) is 30.9 Å². The molecule has 324 valence electrons. The average molecular weight is 847 g/mol. The van der Waals surface area contributed by atoms with E-state index in [0.29, 0.717) is 64.8 Å². The van der Waals surface area contributed by atoms with Crippen molar-refractivity contribution >= 4 is 59.0 Å². The summed E-state index contributed by atoms with van der Waals surface area (Å²) in [5.74, 6) is -0.464. The molecular formula is C51H54N6O6. The van der Waals surface area contributed by atoms with Crippen LogP contribution in [0.2, 0.25) is 0 Å². The quantitative estimate of drug-likeness (QED) is 0.150. The first-order valence-corrected chi connectivity index (χ1v) is 21.8. The highest BCUT2D eigenvalue weighted by Gasteiger charge is 2.36. The predicted molar refractivity (Wildman–Crippen MR) is 247 cm³/mol. The van der Waals surface area contributed by atoms with Gasteiger partial charge in [0.25, 0.3) is 11.8 Å². The molecular weight excluding hydrogens is 793 g/mol. The molecule has 4 heterocycles. The molecule has 0 radical (unpaired) electrons. The van der Waals surface area contributed by atoms with Crippen molar-refractivity contribution in [3.63, 3.8) is 0 Å². The van der Waals surface area contributed by atoms with Gasteiger partial charge in [-0.1, -0.05) is 43.3 Å². The minimum absolute atomic E-state index is 0.0474. The summed E-state index contributed by atoms with van der Waals surface area (Å²) in [6, 6.07) is 26.8. The molecule has 4 aliphatic heterocycles. The van der Waals surface area contributed by atoms with Crippen molar-refractivity contribution in [3.05, 3.63) is 118 Å². The minimum atomic E-state index is -0.811. The molecule has 63 heavy (non-hydrogen) atoms. The molecule has 12 nitrogen and oxygen atoms in total. The van der Waals surface area contributed by atoms with Gasteiger partial charge in [0.05, 0.1) is 35.6 Å². The number of rotatable bonds is 10. The van der Waals surface area contributed by atoms with Gasteiger partial charge >= 0.3 is 11.9 Å². The summed E-state index contributed by atoms with van der Waals surface area (Å²) in [5.41, 5.74) is 20.6. The van der Waals surface area contributed by atoms with Crippen molar-refractivity contribution in [2.75, 3.05) is 39.4 Å². The lowest BCUT2D eigenvalue weighted by molar-refractivity contribution is -0.140. The lowest BCUT2D eigenvalue weighted by Gasteiger charge is -2.24. The highest BCUT2D eigenvalue weighted by Crippen LogP contribution is 2.39. The van der Waals surface area contributed by atoms with Gasteiger partial charge in [-0.3, -0.25) is 9.59 Å². The summed E-state index contributed by atoms with van der Waals surface area (Å²) >= 11 is 0. The fraction of sp³-hybridized carbons (Fsp3) is 0.333. The highest BCUT2D eigenvalue weighted by molar-refractivity contribution is 6.07. The van der Waals surface area contributed by atoms with Gasteiger partial charge in [0.15, 0.2) is 0 Å². The smallest absolute Gasteiger partial charge is 0.335 e. The molecule has 0 bridgehead atoms. The summed E-state index contributed by atoms with van der Waals surface area (Å²) in [4.78, 5) is 66.1. The number of likely N-dealkylation sites (tertiary alicyclic amines) is 2. The number of nitrogens with zero attached hydrogens (tertiary/aromatic N) is 4. The van der Waals surface area contributed by atoms with E-state index in [2.05, 4.69) is 9.98 Å². The highest BCUT2D eigenvalue weighted by atomic mass is 16.5. The molecule has 0 aromatic heterocycles. The van der Waals surface area contributed by atoms with Gasteiger partial charge in [0.2, 0.25) is 0 Å². The topological polar surface area (TPSA) is 170 Å². The van der Waals surface area contributed by atoms with Gasteiger partial charge in [-0.05, 0) is 135 Å². The van der Waals surface area contributed by atoms with Crippen molar-refractivity contribution in [2.45, 2.75) is 53.4 Å². The Hall–Kier alpha value is -6.82. The number of benzene rings is 4. The molecule has 8 rings (SSSR count). The number of amides is 2. The monoisotopic (exact) mass is 846 g/mol. The summed E-state index contributed by atoms with van der Waals surface area (Å²) < 4.78 is 11.2. The van der Waals surface area contributed by atoms with Crippen molar-refractivity contribution in [3.8, 4) is 22.3 Å². The Morgan fingerprint density at radius 2 is 1.25 bits per heavy atom. The zero-order valence-corrected chi connectivity index (χ0v) is 36.4. The van der Waals surface area contributed by atoms with Crippen molar-refractivity contribution in [1.29, 1.82) is 0 Å². The second-order valence-electron chi connectivity index (χ2n) is 17.3. The number of carbonyl (C=O) groups excluding carboxylic acids is 4. The molecule has 2 unspecified atom stereocenters. The lowest BCUT2D eigenvalue weighted by atomic mass is 9.82. The van der Waals surface area contributed by atoms with Gasteiger partial charge in [-0.2, -0.15) is 0 Å². The first kappa shape index (κ1) is 42.9. The van der Waals surface area contributed by atoms with Crippen molar-refractivity contribution in [1.82, 2.24) is 9.80 Å². The largest absolute Gasteiger partial charge is 0.463 e. The van der Waals surface area contributed by atoms with Crippen LogP contribution in [-0.4, -0.2) is 84.6 Å². The molecule has 2 atom stereocenters. The normalized spacial score (nSPS) is 19.0. The van der Waals surface area contributed by atoms with Crippen LogP contribution >= 0.6 is 0 Å². The third-order valence-corrected chi connectivity index (χ3v) is 12.8. The third kappa shape index (κ3) is 8.93. The first-order valence-electron chi connectivity index (χ1n) is 21.8. The number of amidine groups is 2. The SMILES string of the molecule is CCOC(=O)C1=Cc2cc(-c3ccc(C(=O)N4CCC(CCOC(=O)C5=Cc6cc(-c7ccc(C(=O)N8CCCC8)cc7)ccc6N=C(N)C5C)C4)cc3)ccc2N=C(N)C1(C)C. The summed E-state index contributed by atoms with van der Waals surface area (Å²) in [6.07, 6.45) is 7.14. The molecule has 0 aliphatic carbocycles. The van der Waals surface area contributed by atoms with E-state index in [9.17, 15) is 19.2 Å². The Morgan fingerprint density at radius 3 is 1.86 bits per heavy atom. The predicted octanol–water partition coefficient (Wildman–Crippen LogP) is 8.35. The molecule has 2 amide bonds. The van der Waals surface area contributed by atoms with E-state index in [1.165, 1.54) is 0 Å². The van der Waals surface area contributed by atoms with Crippen LogP contribution in [0.25, 0.3) is 34.4 Å². The molecule has 4 aliphatic rings. The van der Waals surface area contributed by atoms with Gasteiger partial charge in [-0.15, -0.1) is 0 Å². The second kappa shape index (κ2) is 17.9. The zero-order chi connectivity index (χ0) is 44.4. The zero-order valence-electron chi connectivity index (χ0n) is 36.4. The maximum atomic E-state index is 13.6. The molecule has 4 N–H and O–H groups in total. The Labute approximate surface area is 368 Å². The van der Waals surface area contributed by atoms with E-state index >= 15 is 0 Å². The molecule has 2 saturated heterocycles. The Balaban J connectivity index is 0.876. The van der Waals surface area contributed by atoms with Crippen LogP contribution in [0.1, 0.15) is 85.2 Å². The summed E-state index contributed by atoms with van der Waals surface area (Å²) in [7, 11) is 0. The maximum Gasteiger partial charge on any atom is 0.335 e. The van der Waals surface area contributed by atoms with E-state index in [4.69, 9.17) is 20.9 Å². The number of aliphatic imine (C=N–C) groups is 2. The average Bonchev–Trinajstić information content (AvgIpc) is 3.97. The Kier molecular flexibility index (Phi) is 12.2. The molecule has 0 saturated carbocycles. The fourth-order valence-corrected chi connectivity index (χ4v) is 8.64. The minimum Gasteiger partial charge on any atom is -0.463 e. The molecule has 12 heteroatoms. The second-order valence-corrected chi connectivity index (χ2v) is 17.3. The van der Waals surface area contributed by atoms with Crippen LogP contribution in [0.5, 0.6) is 0 Å². The standard InChI is InChI=1S/C51H54N6O6/c1-5-62-49(61)42-29-40-27-38(17-19-44(40)55-50(53)51(42,3)4)34-10-14-36(15-11-34)47(59)57-24-20-32(30-57)21-25-63-48(60)41-28-39-26-37(16-18-43(39)54-45(52)31(41)2)33-8-12-35(13-9-33)46(58)56-22-6-7-23-56/h8-19,26-29,31-32H,5-7,20-25,30H2,1-4H3,(H2,52,54)(H2,53,55). The number of hydrogen-bond donors (Lipinski definition) is 2. The van der Waals surface area contributed by atoms with E-state index in [1.54, 1.807) is 13.0 Å². The number of esters is 2. The lowest BCUT2D eigenvalue weighted by Crippen LogP contribution is -2.36. The van der Waals surface area contributed by atoms with Crippen LogP contribution in [0.4, 0.5) is 11.4 Å². The molecule has 4 aromatic carbocycles. The first-order chi connectivity index (χ1) is 30.3. The summed E-state index contributed by atoms with van der Waals surface area (Å²) in [5, 5.41) is 0. The van der Waals surface area contributed by atoms with E-state index < -0.39 is 23.3 Å². The van der Waals surface area contributed by atoms with E-state index in [1.807, 2.05) is 122 Å². The van der Waals surface area contributed by atoms with Gasteiger partial charge in [0.1, 0.15) is 11.7 Å². The van der Waals surface area contributed by atoms with Gasteiger partial charge in [0, 0.05) is 59.9 Å². The van der Waals surface area contributed by atoms with Crippen LogP contribution in [0.3, 0.4) is 0 Å². The number of ether oxygens (including phenoxy) is 2. The molecule has 0 spiro atoms. The maximum absolute atomic E-state index is 13.6. The Morgan fingerprint density at radius 1 is 0.698 bits per heavy atom. The summed E-state index contributed by atoms with van der Waals surface area (Å²) in [6.45, 7) is 10.6. The van der Waals surface area contributed by atoms with Crippen molar-refractivity contribution in [2.24, 2.45) is 38.7 Å². The molecule has 4 aromatic rings. The van der Waals surface area contributed by atoms with Gasteiger partial charge < -0.3 is 30.7 Å². The fourth-order valence-electron chi connectivity index (χ4n) is 8.64. The van der Waals surface area contributed by atoms with Gasteiger partial charge in [-0.25, -0.2) is 19.6 Å². The Bertz CT molecular complexity index is 2580. The van der Waals surface area contributed by atoms with Crippen LogP contribution < -0.4 is 11.5 Å². The number of hydrogen-bond acceptors (Lipinski definition) is 10. The van der Waals surface area contributed by atoms with E-state index in [0.717, 1.165) is 65.7 Å². The van der Waals surface area contributed by atoms with Crippen LogP contribution in [-0.2, 0) is 19.1 Å². The van der Waals surface area contributed by atoms with Crippen LogP contribution in [0, 0.1) is 17.3 Å². The van der Waals surface area contributed by atoms with Crippen molar-refractivity contribution < 1.29 is 28.7 Å². The molecule has 2 fully saturated rings. The number of carbonyl (C=O) groups is 4. The van der Waals surface area contributed by atoms with Crippen LogP contribution in [0.15, 0.2) is 106 Å².